The number of benzene rings is 1. The number of amides is 1. The van der Waals surface area contributed by atoms with Crippen LogP contribution in [0.15, 0.2) is 24.3 Å². The van der Waals surface area contributed by atoms with Gasteiger partial charge >= 0.3 is 0 Å². The van der Waals surface area contributed by atoms with Gasteiger partial charge in [0, 0.05) is 13.0 Å². The Labute approximate surface area is 147 Å². The second kappa shape index (κ2) is 9.29. The van der Waals surface area contributed by atoms with E-state index >= 15 is 0 Å². The molecule has 0 saturated carbocycles. The number of halogens is 1. The lowest BCUT2D eigenvalue weighted by Gasteiger charge is -2.19. The first kappa shape index (κ1) is 20.0. The number of rotatable bonds is 6. The van der Waals surface area contributed by atoms with E-state index in [-0.39, 0.29) is 23.7 Å². The van der Waals surface area contributed by atoms with Crippen molar-refractivity contribution in [2.24, 2.45) is 5.92 Å². The number of hydrogen-bond acceptors (Lipinski definition) is 2. The molecule has 1 unspecified atom stereocenters. The van der Waals surface area contributed by atoms with Gasteiger partial charge in [0.1, 0.15) is 0 Å². The van der Waals surface area contributed by atoms with E-state index in [1.807, 2.05) is 0 Å². The van der Waals surface area contributed by atoms with Gasteiger partial charge in [-0.1, -0.05) is 45.0 Å². The molecule has 0 aliphatic carbocycles. The van der Waals surface area contributed by atoms with Crippen LogP contribution in [0.4, 0.5) is 0 Å². The third kappa shape index (κ3) is 6.92. The zero-order valence-electron chi connectivity index (χ0n) is 14.7. The first-order valence-corrected chi connectivity index (χ1v) is 8.52. The Morgan fingerprint density at radius 3 is 2.52 bits per heavy atom. The van der Waals surface area contributed by atoms with Crippen molar-refractivity contribution in [1.82, 2.24) is 10.6 Å². The molecule has 2 rings (SSSR count). The molecule has 1 aromatic carbocycles. The third-order valence-electron chi connectivity index (χ3n) is 4.50. The van der Waals surface area contributed by atoms with Crippen LogP contribution in [0.5, 0.6) is 0 Å². The molecule has 0 aromatic heterocycles. The average Bonchev–Trinajstić information content (AvgIpc) is 2.98. The van der Waals surface area contributed by atoms with Gasteiger partial charge in [0.2, 0.25) is 5.91 Å². The zero-order valence-corrected chi connectivity index (χ0v) is 15.5. The molecule has 1 saturated heterocycles. The van der Waals surface area contributed by atoms with Crippen molar-refractivity contribution in [3.63, 3.8) is 0 Å². The van der Waals surface area contributed by atoms with Gasteiger partial charge < -0.3 is 10.6 Å². The third-order valence-corrected chi connectivity index (χ3v) is 4.50. The molecule has 3 nitrogen and oxygen atoms in total. The fourth-order valence-corrected chi connectivity index (χ4v) is 2.89. The summed E-state index contributed by atoms with van der Waals surface area (Å²) in [6.07, 6.45) is 3.74. The molecule has 1 aliphatic heterocycles. The Morgan fingerprint density at radius 1 is 1.26 bits per heavy atom. The summed E-state index contributed by atoms with van der Waals surface area (Å²) in [5.74, 6) is 0.913. The van der Waals surface area contributed by atoms with Crippen molar-refractivity contribution in [2.75, 3.05) is 19.6 Å². The van der Waals surface area contributed by atoms with Gasteiger partial charge in [-0.25, -0.2) is 0 Å². The number of carbonyl (C=O) groups is 1. The average molecular weight is 339 g/mol. The second-order valence-corrected chi connectivity index (χ2v) is 7.44. The summed E-state index contributed by atoms with van der Waals surface area (Å²) in [6.45, 7) is 9.70. The molecule has 1 heterocycles. The summed E-state index contributed by atoms with van der Waals surface area (Å²) < 4.78 is 0. The predicted octanol–water partition coefficient (Wildman–Crippen LogP) is 3.45. The molecule has 1 aromatic rings. The van der Waals surface area contributed by atoms with Gasteiger partial charge in [0.05, 0.1) is 0 Å². The molecule has 0 spiro atoms. The predicted molar refractivity (Wildman–Crippen MR) is 99.3 cm³/mol. The van der Waals surface area contributed by atoms with Crippen LogP contribution in [0.3, 0.4) is 0 Å². The maximum atomic E-state index is 11.9. The molecule has 2 N–H and O–H groups in total. The molecule has 1 fully saturated rings. The van der Waals surface area contributed by atoms with Crippen LogP contribution < -0.4 is 10.6 Å². The number of aryl methyl sites for hydroxylation is 1. The van der Waals surface area contributed by atoms with E-state index in [2.05, 4.69) is 55.7 Å². The van der Waals surface area contributed by atoms with Crippen molar-refractivity contribution in [3.8, 4) is 0 Å². The molecule has 0 bridgehead atoms. The normalized spacial score (nSPS) is 17.6. The second-order valence-electron chi connectivity index (χ2n) is 7.44. The minimum Gasteiger partial charge on any atom is -0.356 e. The first-order valence-electron chi connectivity index (χ1n) is 8.52. The highest BCUT2D eigenvalue weighted by atomic mass is 35.5. The summed E-state index contributed by atoms with van der Waals surface area (Å²) in [6, 6.07) is 8.66. The highest BCUT2D eigenvalue weighted by Gasteiger charge is 2.14. The molecular formula is C19H31ClN2O. The van der Waals surface area contributed by atoms with Crippen molar-refractivity contribution in [2.45, 2.75) is 51.9 Å². The Bertz CT molecular complexity index is 473. The lowest BCUT2D eigenvalue weighted by atomic mass is 9.86. The quantitative estimate of drug-likeness (QED) is 0.834. The van der Waals surface area contributed by atoms with Crippen LogP contribution in [0, 0.1) is 5.92 Å². The highest BCUT2D eigenvalue weighted by molar-refractivity contribution is 5.85. The van der Waals surface area contributed by atoms with E-state index < -0.39 is 0 Å². The zero-order chi connectivity index (χ0) is 16.0. The molecule has 23 heavy (non-hydrogen) atoms. The molecule has 0 radical (unpaired) electrons. The van der Waals surface area contributed by atoms with Crippen LogP contribution in [0.2, 0.25) is 0 Å². The van der Waals surface area contributed by atoms with Crippen LogP contribution in [0.1, 0.15) is 51.2 Å². The van der Waals surface area contributed by atoms with Crippen molar-refractivity contribution < 1.29 is 4.79 Å². The highest BCUT2D eigenvalue weighted by Crippen LogP contribution is 2.22. The van der Waals surface area contributed by atoms with Crippen molar-refractivity contribution >= 4 is 18.3 Å². The maximum Gasteiger partial charge on any atom is 0.220 e. The van der Waals surface area contributed by atoms with Gasteiger partial charge in [-0.15, -0.1) is 12.4 Å². The van der Waals surface area contributed by atoms with Crippen LogP contribution in [-0.4, -0.2) is 25.5 Å². The summed E-state index contributed by atoms with van der Waals surface area (Å²) in [4.78, 5) is 11.9. The number of hydrogen-bond donors (Lipinski definition) is 2. The largest absolute Gasteiger partial charge is 0.356 e. The molecule has 130 valence electrons. The van der Waals surface area contributed by atoms with E-state index in [1.54, 1.807) is 0 Å². The summed E-state index contributed by atoms with van der Waals surface area (Å²) in [7, 11) is 0. The Balaban J connectivity index is 0.00000264. The minimum atomic E-state index is 0. The summed E-state index contributed by atoms with van der Waals surface area (Å²) in [5.41, 5.74) is 2.76. The fraction of sp³-hybridized carbons (Fsp3) is 0.632. The van der Waals surface area contributed by atoms with Gasteiger partial charge in [0.25, 0.3) is 0 Å². The topological polar surface area (TPSA) is 41.1 Å². The molecule has 4 heteroatoms. The van der Waals surface area contributed by atoms with E-state index in [1.165, 1.54) is 17.5 Å². The van der Waals surface area contributed by atoms with Gasteiger partial charge in [-0.2, -0.15) is 0 Å². The van der Waals surface area contributed by atoms with Crippen LogP contribution in [0.25, 0.3) is 0 Å². The fourth-order valence-electron chi connectivity index (χ4n) is 2.89. The Kier molecular flexibility index (Phi) is 8.07. The number of carbonyl (C=O) groups excluding carboxylic acids is 1. The van der Waals surface area contributed by atoms with Crippen LogP contribution in [-0.2, 0) is 16.6 Å². The molecule has 1 amide bonds. The van der Waals surface area contributed by atoms with E-state index in [4.69, 9.17) is 0 Å². The van der Waals surface area contributed by atoms with E-state index in [9.17, 15) is 4.79 Å². The van der Waals surface area contributed by atoms with Crippen LogP contribution >= 0.6 is 12.4 Å². The summed E-state index contributed by atoms with van der Waals surface area (Å²) in [5, 5.41) is 6.41. The lowest BCUT2D eigenvalue weighted by Crippen LogP contribution is -2.26. The maximum absolute atomic E-state index is 11.9. The lowest BCUT2D eigenvalue weighted by molar-refractivity contribution is -0.121. The SMILES string of the molecule is CC(C)(C)c1ccc(CCC(=O)NCCC2CCNC2)cc1.Cl. The monoisotopic (exact) mass is 338 g/mol. The van der Waals surface area contributed by atoms with Gasteiger partial charge in [-0.05, 0) is 54.8 Å². The minimum absolute atomic E-state index is 0. The Hall–Kier alpha value is -1.06. The smallest absolute Gasteiger partial charge is 0.220 e. The van der Waals surface area contributed by atoms with Crippen molar-refractivity contribution in [3.05, 3.63) is 35.4 Å². The number of nitrogens with one attached hydrogen (secondary N) is 2. The molecule has 1 aliphatic rings. The first-order chi connectivity index (χ1) is 10.4. The van der Waals surface area contributed by atoms with E-state index in [0.717, 1.165) is 38.4 Å². The standard InChI is InChI=1S/C19H30N2O.ClH/c1-19(2,3)17-7-4-15(5-8-17)6-9-18(22)21-13-11-16-10-12-20-14-16;/h4-5,7-8,16,20H,6,9-14H2,1-3H3,(H,21,22);1H. The van der Waals surface area contributed by atoms with Gasteiger partial charge in [0.15, 0.2) is 0 Å². The van der Waals surface area contributed by atoms with E-state index in [0.29, 0.717) is 6.42 Å². The summed E-state index contributed by atoms with van der Waals surface area (Å²) >= 11 is 0. The molecular weight excluding hydrogens is 308 g/mol. The van der Waals surface area contributed by atoms with Gasteiger partial charge in [-0.3, -0.25) is 4.79 Å². The molecule has 1 atom stereocenters. The van der Waals surface area contributed by atoms with Crippen molar-refractivity contribution in [1.29, 1.82) is 0 Å². The Morgan fingerprint density at radius 2 is 1.96 bits per heavy atom.